The maximum absolute atomic E-state index is 12.3. The predicted octanol–water partition coefficient (Wildman–Crippen LogP) is 1.98. The third-order valence-corrected chi connectivity index (χ3v) is 4.34. The summed E-state index contributed by atoms with van der Waals surface area (Å²) in [6, 6.07) is 5.49. The Morgan fingerprint density at radius 2 is 2.20 bits per heavy atom. The fourth-order valence-electron chi connectivity index (χ4n) is 2.76. The number of rotatable bonds is 6. The quantitative estimate of drug-likeness (QED) is 0.771. The molecule has 0 spiro atoms. The summed E-state index contributed by atoms with van der Waals surface area (Å²) in [5, 5.41) is 5.84. The van der Waals surface area contributed by atoms with Crippen molar-refractivity contribution in [1.29, 1.82) is 0 Å². The van der Waals surface area contributed by atoms with Crippen molar-refractivity contribution in [2.45, 2.75) is 25.8 Å². The van der Waals surface area contributed by atoms with Crippen LogP contribution in [0.4, 0.5) is 10.5 Å². The molecule has 1 fully saturated rings. The normalized spacial score (nSPS) is 16.4. The number of fused-ring (bicyclic) bond motifs is 1. The van der Waals surface area contributed by atoms with Crippen LogP contribution in [0.25, 0.3) is 0 Å². The van der Waals surface area contributed by atoms with Gasteiger partial charge in [-0.05, 0) is 37.5 Å². The summed E-state index contributed by atoms with van der Waals surface area (Å²) in [5.41, 5.74) is 1.65. The Hall–Kier alpha value is -2.28. The van der Waals surface area contributed by atoms with E-state index < -0.39 is 0 Å². The summed E-state index contributed by atoms with van der Waals surface area (Å²) >= 11 is 0. The van der Waals surface area contributed by atoms with E-state index in [0.717, 1.165) is 36.3 Å². The van der Waals surface area contributed by atoms with Gasteiger partial charge in [0.1, 0.15) is 12.4 Å². The van der Waals surface area contributed by atoms with Gasteiger partial charge in [-0.3, -0.25) is 4.79 Å². The van der Waals surface area contributed by atoms with Gasteiger partial charge >= 0.3 is 6.03 Å². The van der Waals surface area contributed by atoms with Gasteiger partial charge in [-0.1, -0.05) is 0 Å². The molecule has 0 unspecified atom stereocenters. The van der Waals surface area contributed by atoms with Crippen LogP contribution in [-0.4, -0.2) is 50.3 Å². The Labute approximate surface area is 147 Å². The predicted molar refractivity (Wildman–Crippen MR) is 93.6 cm³/mol. The van der Waals surface area contributed by atoms with Crippen molar-refractivity contribution < 1.29 is 19.1 Å². The summed E-state index contributed by atoms with van der Waals surface area (Å²) in [4.78, 5) is 26.0. The van der Waals surface area contributed by atoms with Crippen molar-refractivity contribution in [2.75, 3.05) is 38.7 Å². The molecule has 1 heterocycles. The minimum absolute atomic E-state index is 0.0715. The van der Waals surface area contributed by atoms with Gasteiger partial charge in [-0.15, -0.1) is 0 Å². The standard InChI is InChI=1S/C18H25N3O4/c1-24-9-2-7-19-18(23)21-8-10-25-16-6-5-15(11-14(16)12-21)20-17(22)13-3-4-13/h5-6,11,13H,2-4,7-10,12H2,1H3,(H,19,23)(H,20,22). The van der Waals surface area contributed by atoms with Crippen molar-refractivity contribution >= 4 is 17.6 Å². The summed E-state index contributed by atoms with van der Waals surface area (Å²) in [6.07, 6.45) is 2.72. The topological polar surface area (TPSA) is 79.9 Å². The van der Waals surface area contributed by atoms with Crippen LogP contribution in [0.1, 0.15) is 24.8 Å². The first-order valence-electron chi connectivity index (χ1n) is 8.75. The number of hydrogen-bond acceptors (Lipinski definition) is 4. The molecule has 25 heavy (non-hydrogen) atoms. The third-order valence-electron chi connectivity index (χ3n) is 4.34. The first-order valence-corrected chi connectivity index (χ1v) is 8.75. The maximum Gasteiger partial charge on any atom is 0.317 e. The molecule has 7 heteroatoms. The number of hydrogen-bond donors (Lipinski definition) is 2. The van der Waals surface area contributed by atoms with Crippen molar-refractivity contribution in [3.05, 3.63) is 23.8 Å². The van der Waals surface area contributed by atoms with Gasteiger partial charge in [0, 0.05) is 37.4 Å². The van der Waals surface area contributed by atoms with Crippen molar-refractivity contribution in [3.63, 3.8) is 0 Å². The number of anilines is 1. The maximum atomic E-state index is 12.3. The van der Waals surface area contributed by atoms with E-state index in [1.807, 2.05) is 18.2 Å². The molecule has 0 radical (unpaired) electrons. The number of nitrogens with one attached hydrogen (secondary N) is 2. The van der Waals surface area contributed by atoms with Gasteiger partial charge in [-0.2, -0.15) is 0 Å². The molecule has 3 amide bonds. The number of amides is 3. The number of urea groups is 1. The second-order valence-electron chi connectivity index (χ2n) is 6.43. The van der Waals surface area contributed by atoms with E-state index in [4.69, 9.17) is 9.47 Å². The highest BCUT2D eigenvalue weighted by molar-refractivity contribution is 5.94. The van der Waals surface area contributed by atoms with Crippen LogP contribution in [0.15, 0.2) is 18.2 Å². The molecule has 1 aromatic carbocycles. The highest BCUT2D eigenvalue weighted by Crippen LogP contribution is 2.31. The summed E-state index contributed by atoms with van der Waals surface area (Å²) in [6.45, 7) is 2.63. The van der Waals surface area contributed by atoms with Gasteiger partial charge in [0.25, 0.3) is 0 Å². The molecule has 7 nitrogen and oxygen atoms in total. The molecule has 0 bridgehead atoms. The van der Waals surface area contributed by atoms with Crippen LogP contribution in [-0.2, 0) is 16.1 Å². The Kier molecular flexibility index (Phi) is 5.75. The van der Waals surface area contributed by atoms with E-state index in [1.54, 1.807) is 12.0 Å². The molecule has 0 aromatic heterocycles. The molecule has 0 saturated heterocycles. The van der Waals surface area contributed by atoms with Crippen LogP contribution in [0, 0.1) is 5.92 Å². The van der Waals surface area contributed by atoms with E-state index in [1.165, 1.54) is 0 Å². The molecular weight excluding hydrogens is 322 g/mol. The first-order chi connectivity index (χ1) is 12.2. The van der Waals surface area contributed by atoms with Crippen LogP contribution in [0.5, 0.6) is 5.75 Å². The zero-order valence-corrected chi connectivity index (χ0v) is 14.5. The third kappa shape index (κ3) is 4.85. The molecule has 2 N–H and O–H groups in total. The van der Waals surface area contributed by atoms with Crippen LogP contribution >= 0.6 is 0 Å². The summed E-state index contributed by atoms with van der Waals surface area (Å²) < 4.78 is 10.7. The second-order valence-corrected chi connectivity index (χ2v) is 6.43. The van der Waals surface area contributed by atoms with E-state index in [2.05, 4.69) is 10.6 Å². The fourth-order valence-corrected chi connectivity index (χ4v) is 2.76. The van der Waals surface area contributed by atoms with Gasteiger partial charge in [0.15, 0.2) is 0 Å². The molecule has 1 aliphatic carbocycles. The zero-order chi connectivity index (χ0) is 17.6. The molecule has 2 aliphatic rings. The molecule has 0 atom stereocenters. The van der Waals surface area contributed by atoms with Crippen molar-refractivity contribution in [1.82, 2.24) is 10.2 Å². The molecule has 1 aliphatic heterocycles. The summed E-state index contributed by atoms with van der Waals surface area (Å²) in [5.74, 6) is 0.991. The van der Waals surface area contributed by atoms with Gasteiger partial charge in [0.2, 0.25) is 5.91 Å². The van der Waals surface area contributed by atoms with Crippen LogP contribution in [0.3, 0.4) is 0 Å². The lowest BCUT2D eigenvalue weighted by Gasteiger charge is -2.20. The average Bonchev–Trinajstić information content (AvgIpc) is 3.44. The minimum atomic E-state index is -0.111. The number of benzene rings is 1. The number of carbonyl (C=O) groups is 2. The Bertz CT molecular complexity index is 631. The van der Waals surface area contributed by atoms with Gasteiger partial charge < -0.3 is 25.0 Å². The lowest BCUT2D eigenvalue weighted by atomic mass is 10.1. The number of ether oxygens (including phenoxy) is 2. The van der Waals surface area contributed by atoms with Crippen LogP contribution in [0.2, 0.25) is 0 Å². The second kappa shape index (κ2) is 8.20. The number of nitrogens with zero attached hydrogens (tertiary/aromatic N) is 1. The minimum Gasteiger partial charge on any atom is -0.491 e. The average molecular weight is 347 g/mol. The molecule has 1 saturated carbocycles. The lowest BCUT2D eigenvalue weighted by molar-refractivity contribution is -0.117. The highest BCUT2D eigenvalue weighted by Gasteiger charge is 2.29. The van der Waals surface area contributed by atoms with Crippen molar-refractivity contribution in [3.8, 4) is 5.75 Å². The van der Waals surface area contributed by atoms with Crippen LogP contribution < -0.4 is 15.4 Å². The molecule has 1 aromatic rings. The molecule has 3 rings (SSSR count). The van der Waals surface area contributed by atoms with E-state index in [0.29, 0.717) is 32.8 Å². The summed E-state index contributed by atoms with van der Waals surface area (Å²) in [7, 11) is 1.64. The largest absolute Gasteiger partial charge is 0.491 e. The van der Waals surface area contributed by atoms with Gasteiger partial charge in [-0.25, -0.2) is 4.79 Å². The monoisotopic (exact) mass is 347 g/mol. The highest BCUT2D eigenvalue weighted by atomic mass is 16.5. The Morgan fingerprint density at radius 1 is 1.36 bits per heavy atom. The Balaban J connectivity index is 1.61. The molecular formula is C18H25N3O4. The number of methoxy groups -OCH3 is 1. The smallest absolute Gasteiger partial charge is 0.317 e. The number of carbonyl (C=O) groups excluding carboxylic acids is 2. The Morgan fingerprint density at radius 3 is 2.96 bits per heavy atom. The van der Waals surface area contributed by atoms with E-state index >= 15 is 0 Å². The fraction of sp³-hybridized carbons (Fsp3) is 0.556. The zero-order valence-electron chi connectivity index (χ0n) is 14.5. The van der Waals surface area contributed by atoms with Gasteiger partial charge in [0.05, 0.1) is 13.1 Å². The lowest BCUT2D eigenvalue weighted by Crippen LogP contribution is -2.41. The molecule has 136 valence electrons. The van der Waals surface area contributed by atoms with Crippen molar-refractivity contribution in [2.24, 2.45) is 5.92 Å². The van der Waals surface area contributed by atoms with E-state index in [9.17, 15) is 9.59 Å². The SMILES string of the molecule is COCCCNC(=O)N1CCOc2ccc(NC(=O)C3CC3)cc2C1. The van der Waals surface area contributed by atoms with E-state index in [-0.39, 0.29) is 17.9 Å². The first kappa shape index (κ1) is 17.5.